The van der Waals surface area contributed by atoms with E-state index in [0.717, 1.165) is 0 Å². The summed E-state index contributed by atoms with van der Waals surface area (Å²) in [5.41, 5.74) is -0.173. The van der Waals surface area contributed by atoms with Crippen LogP contribution in [-0.4, -0.2) is 33.9 Å². The van der Waals surface area contributed by atoms with Gasteiger partial charge in [0.15, 0.2) is 12.3 Å². The van der Waals surface area contributed by atoms with E-state index in [4.69, 9.17) is 0 Å². The van der Waals surface area contributed by atoms with E-state index in [1.54, 1.807) is 24.3 Å². The van der Waals surface area contributed by atoms with Crippen molar-refractivity contribution in [1.82, 2.24) is 20.5 Å². The zero-order valence-electron chi connectivity index (χ0n) is 13.7. The number of hydrogen-bond donors (Lipinski definition) is 2. The monoisotopic (exact) mass is 378 g/mol. The van der Waals surface area contributed by atoms with Crippen molar-refractivity contribution in [3.8, 4) is 5.88 Å². The van der Waals surface area contributed by atoms with Crippen LogP contribution in [-0.2, 0) is 6.54 Å². The van der Waals surface area contributed by atoms with Crippen LogP contribution in [0.15, 0.2) is 47.4 Å². The molecule has 2 N–H and O–H groups in total. The van der Waals surface area contributed by atoms with E-state index >= 15 is 0 Å². The Labute approximate surface area is 150 Å². The Morgan fingerprint density at radius 1 is 1.15 bits per heavy atom. The molecule has 0 bridgehead atoms. The largest absolute Gasteiger partial charge is 0.468 e. The minimum Gasteiger partial charge on any atom is -0.468 e. The molecule has 0 aliphatic carbocycles. The number of ether oxygens (including phenoxy) is 1. The zero-order chi connectivity index (χ0) is 19.4. The van der Waals surface area contributed by atoms with E-state index in [2.05, 4.69) is 25.2 Å². The number of aromatic amines is 1. The van der Waals surface area contributed by atoms with Gasteiger partial charge in [0.1, 0.15) is 0 Å². The average molecular weight is 378 g/mol. The van der Waals surface area contributed by atoms with Gasteiger partial charge < -0.3 is 10.1 Å². The van der Waals surface area contributed by atoms with Crippen LogP contribution in [0.25, 0.3) is 10.8 Å². The fourth-order valence-corrected chi connectivity index (χ4v) is 2.39. The van der Waals surface area contributed by atoms with Gasteiger partial charge in [-0.1, -0.05) is 24.3 Å². The fraction of sp³-hybridized carbons (Fsp3) is 0.176. The zero-order valence-corrected chi connectivity index (χ0v) is 13.7. The predicted molar refractivity (Wildman–Crippen MR) is 89.3 cm³/mol. The lowest BCUT2D eigenvalue weighted by Gasteiger charge is -2.12. The lowest BCUT2D eigenvalue weighted by molar-refractivity contribution is -0.154. The van der Waals surface area contributed by atoms with Gasteiger partial charge in [0.2, 0.25) is 5.88 Å². The van der Waals surface area contributed by atoms with E-state index in [1.165, 1.54) is 18.3 Å². The summed E-state index contributed by atoms with van der Waals surface area (Å²) in [5, 5.41) is 9.21. The first-order valence-corrected chi connectivity index (χ1v) is 7.74. The van der Waals surface area contributed by atoms with Crippen molar-refractivity contribution in [2.24, 2.45) is 0 Å². The quantitative estimate of drug-likeness (QED) is 0.709. The summed E-state index contributed by atoms with van der Waals surface area (Å²) in [6.07, 6.45) is -3.22. The SMILES string of the molecule is O=C(NCc1cccnc1OCC(F)(F)F)c1n[nH]c(=O)c2ccccc12. The Bertz CT molecular complexity index is 1030. The van der Waals surface area contributed by atoms with Crippen molar-refractivity contribution >= 4 is 16.7 Å². The van der Waals surface area contributed by atoms with E-state index < -0.39 is 24.2 Å². The van der Waals surface area contributed by atoms with Gasteiger partial charge in [0.05, 0.1) is 5.39 Å². The number of pyridine rings is 1. The van der Waals surface area contributed by atoms with Gasteiger partial charge in [0.25, 0.3) is 11.5 Å². The Kier molecular flexibility index (Phi) is 5.06. The number of alkyl halides is 3. The van der Waals surface area contributed by atoms with E-state index in [9.17, 15) is 22.8 Å². The summed E-state index contributed by atoms with van der Waals surface area (Å²) >= 11 is 0. The summed E-state index contributed by atoms with van der Waals surface area (Å²) < 4.78 is 41.7. The van der Waals surface area contributed by atoms with E-state index in [1.807, 2.05) is 0 Å². The highest BCUT2D eigenvalue weighted by Gasteiger charge is 2.29. The number of carbonyl (C=O) groups excluding carboxylic acids is 1. The molecule has 0 aliphatic rings. The second-order valence-corrected chi connectivity index (χ2v) is 5.50. The minimum atomic E-state index is -4.50. The van der Waals surface area contributed by atoms with Gasteiger partial charge in [0, 0.05) is 23.7 Å². The van der Waals surface area contributed by atoms with Gasteiger partial charge in [-0.05, 0) is 12.1 Å². The topological polar surface area (TPSA) is 97.0 Å². The van der Waals surface area contributed by atoms with Crippen LogP contribution < -0.4 is 15.6 Å². The smallest absolute Gasteiger partial charge is 0.422 e. The Balaban J connectivity index is 1.78. The molecule has 0 unspecified atom stereocenters. The normalized spacial score (nSPS) is 11.4. The molecule has 3 aromatic rings. The number of carbonyl (C=O) groups is 1. The molecule has 10 heteroatoms. The van der Waals surface area contributed by atoms with Gasteiger partial charge in [-0.25, -0.2) is 10.1 Å². The van der Waals surface area contributed by atoms with Crippen molar-refractivity contribution < 1.29 is 22.7 Å². The molecule has 0 fully saturated rings. The highest BCUT2D eigenvalue weighted by atomic mass is 19.4. The molecule has 2 aromatic heterocycles. The third-order valence-electron chi connectivity index (χ3n) is 3.57. The number of benzene rings is 1. The molecule has 7 nitrogen and oxygen atoms in total. The van der Waals surface area contributed by atoms with Gasteiger partial charge in [-0.2, -0.15) is 18.3 Å². The summed E-state index contributed by atoms with van der Waals surface area (Å²) in [5.74, 6) is -0.831. The van der Waals surface area contributed by atoms with Crippen molar-refractivity contribution in [3.63, 3.8) is 0 Å². The van der Waals surface area contributed by atoms with Crippen LogP contribution in [0.1, 0.15) is 16.1 Å². The van der Waals surface area contributed by atoms with E-state index in [0.29, 0.717) is 10.8 Å². The first-order chi connectivity index (χ1) is 12.8. The highest BCUT2D eigenvalue weighted by Crippen LogP contribution is 2.20. The molecule has 1 amide bonds. The van der Waals surface area contributed by atoms with E-state index in [-0.39, 0.29) is 23.7 Å². The third kappa shape index (κ3) is 4.40. The third-order valence-corrected chi connectivity index (χ3v) is 3.57. The molecule has 0 atom stereocenters. The minimum absolute atomic E-state index is 0.00755. The maximum Gasteiger partial charge on any atom is 0.422 e. The number of hydrogen-bond acceptors (Lipinski definition) is 5. The van der Waals surface area contributed by atoms with Crippen LogP contribution in [0.4, 0.5) is 13.2 Å². The van der Waals surface area contributed by atoms with Gasteiger partial charge >= 0.3 is 6.18 Å². The fourth-order valence-electron chi connectivity index (χ4n) is 2.39. The number of amides is 1. The molecule has 2 heterocycles. The van der Waals surface area contributed by atoms with Crippen LogP contribution in [0, 0.1) is 0 Å². The van der Waals surface area contributed by atoms with Gasteiger partial charge in [-0.3, -0.25) is 9.59 Å². The van der Waals surface area contributed by atoms with Crippen molar-refractivity contribution in [2.45, 2.75) is 12.7 Å². The number of rotatable bonds is 5. The number of nitrogens with zero attached hydrogens (tertiary/aromatic N) is 2. The van der Waals surface area contributed by atoms with Crippen molar-refractivity contribution in [3.05, 3.63) is 64.2 Å². The molecular weight excluding hydrogens is 365 g/mol. The van der Waals surface area contributed by atoms with Crippen LogP contribution in [0.2, 0.25) is 0 Å². The highest BCUT2D eigenvalue weighted by molar-refractivity contribution is 6.04. The van der Waals surface area contributed by atoms with Crippen LogP contribution in [0.5, 0.6) is 5.88 Å². The standard InChI is InChI=1S/C17H13F3N4O3/c18-17(19,20)9-27-16-10(4-3-7-21-16)8-22-15(26)13-11-5-1-2-6-12(11)14(25)24-23-13/h1-7H,8-9H2,(H,22,26)(H,24,25). The predicted octanol–water partition coefficient (Wildman–Crippen LogP) is 2.19. The maximum atomic E-state index is 12.4. The molecule has 140 valence electrons. The average Bonchev–Trinajstić information content (AvgIpc) is 2.65. The molecule has 0 spiro atoms. The van der Waals surface area contributed by atoms with Crippen LogP contribution >= 0.6 is 0 Å². The lowest BCUT2D eigenvalue weighted by Crippen LogP contribution is -2.27. The Morgan fingerprint density at radius 3 is 2.63 bits per heavy atom. The van der Waals surface area contributed by atoms with Crippen molar-refractivity contribution in [2.75, 3.05) is 6.61 Å². The summed E-state index contributed by atoms with van der Waals surface area (Å²) in [4.78, 5) is 28.0. The number of H-pyrrole nitrogens is 1. The molecule has 1 aromatic carbocycles. The molecule has 27 heavy (non-hydrogen) atoms. The Morgan fingerprint density at radius 2 is 1.89 bits per heavy atom. The Hall–Kier alpha value is -3.43. The summed E-state index contributed by atoms with van der Waals surface area (Å²) in [6, 6.07) is 9.43. The van der Waals surface area contributed by atoms with Crippen molar-refractivity contribution in [1.29, 1.82) is 0 Å². The number of halogens is 3. The summed E-state index contributed by atoms with van der Waals surface area (Å²) in [7, 11) is 0. The molecular formula is C17H13F3N4O3. The second-order valence-electron chi connectivity index (χ2n) is 5.50. The first-order valence-electron chi connectivity index (χ1n) is 7.74. The molecule has 0 saturated heterocycles. The molecule has 0 aliphatic heterocycles. The summed E-state index contributed by atoms with van der Waals surface area (Å²) in [6.45, 7) is -1.62. The number of nitrogens with one attached hydrogen (secondary N) is 2. The number of aromatic nitrogens is 3. The maximum absolute atomic E-state index is 12.4. The molecule has 0 radical (unpaired) electrons. The first kappa shape index (κ1) is 18.4. The number of fused-ring (bicyclic) bond motifs is 1. The lowest BCUT2D eigenvalue weighted by atomic mass is 10.1. The molecule has 0 saturated carbocycles. The van der Waals surface area contributed by atoms with Crippen LogP contribution in [0.3, 0.4) is 0 Å². The molecule has 3 rings (SSSR count). The van der Waals surface area contributed by atoms with Gasteiger partial charge in [-0.15, -0.1) is 0 Å². The second kappa shape index (κ2) is 7.44.